The Morgan fingerprint density at radius 1 is 0.880 bits per heavy atom. The molecule has 1 saturated heterocycles. The highest BCUT2D eigenvalue weighted by atomic mass is 16.6. The van der Waals surface area contributed by atoms with E-state index in [0.29, 0.717) is 0 Å². The summed E-state index contributed by atoms with van der Waals surface area (Å²) in [4.78, 5) is 22.2. The van der Waals surface area contributed by atoms with E-state index < -0.39 is 72.8 Å². The quantitative estimate of drug-likeness (QED) is 0.261. The van der Waals surface area contributed by atoms with E-state index in [0.717, 1.165) is 0 Å². The Morgan fingerprint density at radius 2 is 1.48 bits per heavy atom. The van der Waals surface area contributed by atoms with Crippen molar-refractivity contribution >= 4 is 11.9 Å². The minimum Gasteiger partial charge on any atom is -0.481 e. The molecule has 1 aliphatic carbocycles. The van der Waals surface area contributed by atoms with Crippen LogP contribution in [0.5, 0.6) is 0 Å². The number of carboxylic acid groups (broad SMARTS) is 2. The van der Waals surface area contributed by atoms with Crippen LogP contribution in [0.25, 0.3) is 0 Å². The van der Waals surface area contributed by atoms with Crippen molar-refractivity contribution in [2.45, 2.75) is 68.3 Å². The molecule has 0 aromatic rings. The summed E-state index contributed by atoms with van der Waals surface area (Å²) in [5, 5.41) is 67.5. The molecule has 7 N–H and O–H groups in total. The van der Waals surface area contributed by atoms with Gasteiger partial charge in [-0.2, -0.15) is 0 Å². The summed E-state index contributed by atoms with van der Waals surface area (Å²) in [5.41, 5.74) is 0. The summed E-state index contributed by atoms with van der Waals surface area (Å²) < 4.78 is 10.6. The molecule has 1 heterocycles. The summed E-state index contributed by atoms with van der Waals surface area (Å²) in [5.74, 6) is -4.28. The first kappa shape index (κ1) is 20.0. The molecule has 2 aliphatic rings. The highest BCUT2D eigenvalue weighted by molar-refractivity contribution is 5.73. The predicted octanol–water partition coefficient (Wildman–Crippen LogP) is -3.48. The van der Waals surface area contributed by atoms with E-state index in [2.05, 4.69) is 0 Å². The fraction of sp³-hybridized carbons (Fsp3) is 0.857. The lowest BCUT2D eigenvalue weighted by Gasteiger charge is -2.44. The van der Waals surface area contributed by atoms with Crippen molar-refractivity contribution in [1.82, 2.24) is 0 Å². The molecular weight excluding hydrogens is 344 g/mol. The molecule has 1 aliphatic heterocycles. The smallest absolute Gasteiger partial charge is 0.335 e. The van der Waals surface area contributed by atoms with Crippen molar-refractivity contribution in [3.63, 3.8) is 0 Å². The Morgan fingerprint density at radius 3 is 2.00 bits per heavy atom. The van der Waals surface area contributed by atoms with Crippen molar-refractivity contribution < 1.29 is 54.8 Å². The van der Waals surface area contributed by atoms with Gasteiger partial charge in [0.05, 0.1) is 24.2 Å². The van der Waals surface area contributed by atoms with Crippen LogP contribution in [0.4, 0.5) is 0 Å². The van der Waals surface area contributed by atoms with Crippen LogP contribution in [0.2, 0.25) is 0 Å². The molecule has 25 heavy (non-hydrogen) atoms. The lowest BCUT2D eigenvalue weighted by molar-refractivity contribution is -0.263. The fourth-order valence-corrected chi connectivity index (χ4v) is 3.21. The van der Waals surface area contributed by atoms with Gasteiger partial charge in [0, 0.05) is 0 Å². The second-order valence-electron chi connectivity index (χ2n) is 6.37. The van der Waals surface area contributed by atoms with Gasteiger partial charge < -0.3 is 45.2 Å². The summed E-state index contributed by atoms with van der Waals surface area (Å²) in [7, 11) is 0. The molecule has 11 nitrogen and oxygen atoms in total. The maximum Gasteiger partial charge on any atom is 0.335 e. The van der Waals surface area contributed by atoms with E-state index in [1.807, 2.05) is 0 Å². The zero-order chi connectivity index (χ0) is 19.0. The normalized spacial score (nSPS) is 48.1. The zero-order valence-electron chi connectivity index (χ0n) is 13.2. The molecule has 0 amide bonds. The van der Waals surface area contributed by atoms with Crippen LogP contribution in [0, 0.1) is 5.92 Å². The van der Waals surface area contributed by atoms with Gasteiger partial charge in [0.2, 0.25) is 0 Å². The van der Waals surface area contributed by atoms with Crippen LogP contribution in [0.1, 0.15) is 13.3 Å². The number of aliphatic carboxylic acids is 2. The first-order valence-corrected chi connectivity index (χ1v) is 7.73. The number of carbonyl (C=O) groups is 2. The third-order valence-electron chi connectivity index (χ3n) is 4.69. The highest BCUT2D eigenvalue weighted by Gasteiger charge is 2.51. The molecule has 2 rings (SSSR count). The number of aliphatic hydroxyl groups excluding tert-OH is 5. The van der Waals surface area contributed by atoms with E-state index >= 15 is 0 Å². The van der Waals surface area contributed by atoms with Crippen molar-refractivity contribution in [2.75, 3.05) is 0 Å². The Kier molecular flexibility index (Phi) is 5.99. The zero-order valence-corrected chi connectivity index (χ0v) is 13.2. The largest absolute Gasteiger partial charge is 0.481 e. The van der Waals surface area contributed by atoms with Crippen LogP contribution in [-0.2, 0) is 19.1 Å². The van der Waals surface area contributed by atoms with Crippen LogP contribution in [-0.4, -0.2) is 103 Å². The molecule has 11 heteroatoms. The number of hydrogen-bond donors (Lipinski definition) is 7. The Labute approximate surface area is 142 Å². The Hall–Kier alpha value is -1.34. The molecule has 0 spiro atoms. The second-order valence-corrected chi connectivity index (χ2v) is 6.37. The molecule has 10 unspecified atom stereocenters. The topological polar surface area (TPSA) is 194 Å². The van der Waals surface area contributed by atoms with Crippen LogP contribution in [0.15, 0.2) is 0 Å². The van der Waals surface area contributed by atoms with E-state index in [4.69, 9.17) is 19.7 Å². The van der Waals surface area contributed by atoms with Crippen LogP contribution >= 0.6 is 0 Å². The third kappa shape index (κ3) is 3.77. The van der Waals surface area contributed by atoms with Gasteiger partial charge in [-0.15, -0.1) is 0 Å². The molecule has 0 radical (unpaired) electrons. The number of ether oxygens (including phenoxy) is 2. The highest BCUT2D eigenvalue weighted by Crippen LogP contribution is 2.32. The van der Waals surface area contributed by atoms with Gasteiger partial charge in [0.25, 0.3) is 0 Å². The Balaban J connectivity index is 2.14. The van der Waals surface area contributed by atoms with Gasteiger partial charge in [-0.25, -0.2) is 4.79 Å². The van der Waals surface area contributed by atoms with Crippen LogP contribution in [0.3, 0.4) is 0 Å². The van der Waals surface area contributed by atoms with Gasteiger partial charge in [-0.05, 0) is 13.3 Å². The minimum atomic E-state index is -1.80. The molecule has 2 fully saturated rings. The van der Waals surface area contributed by atoms with Gasteiger partial charge >= 0.3 is 11.9 Å². The lowest BCUT2D eigenvalue weighted by Crippen LogP contribution is -2.63. The van der Waals surface area contributed by atoms with E-state index in [9.17, 15) is 35.1 Å². The van der Waals surface area contributed by atoms with Gasteiger partial charge in [0.15, 0.2) is 6.10 Å². The number of rotatable bonds is 4. The van der Waals surface area contributed by atoms with Crippen molar-refractivity contribution in [2.24, 2.45) is 5.92 Å². The SMILES string of the molecule is CC1OC(C(=O)O)C(O)C(O)C1OC1CC(C(=O)O)C(O)C(O)C1O. The molecule has 0 bridgehead atoms. The first-order valence-electron chi connectivity index (χ1n) is 7.73. The van der Waals surface area contributed by atoms with Crippen molar-refractivity contribution in [1.29, 1.82) is 0 Å². The Bertz CT molecular complexity index is 511. The average Bonchev–Trinajstić information content (AvgIpc) is 2.53. The average molecular weight is 366 g/mol. The van der Waals surface area contributed by atoms with Gasteiger partial charge in [-0.3, -0.25) is 4.79 Å². The molecule has 0 aromatic carbocycles. The maximum atomic E-state index is 11.2. The molecule has 1 saturated carbocycles. The summed E-state index contributed by atoms with van der Waals surface area (Å²) in [6.45, 7) is 1.38. The van der Waals surface area contributed by atoms with Gasteiger partial charge in [-0.1, -0.05) is 0 Å². The summed E-state index contributed by atoms with van der Waals surface area (Å²) >= 11 is 0. The van der Waals surface area contributed by atoms with Gasteiger partial charge in [0.1, 0.15) is 30.5 Å². The third-order valence-corrected chi connectivity index (χ3v) is 4.69. The second kappa shape index (κ2) is 7.50. The molecular formula is C14H22O11. The minimum absolute atomic E-state index is 0.358. The molecule has 0 aromatic heterocycles. The first-order chi connectivity index (χ1) is 11.6. The maximum absolute atomic E-state index is 11.2. The summed E-state index contributed by atoms with van der Waals surface area (Å²) in [6.07, 6.45) is -14.2. The summed E-state index contributed by atoms with van der Waals surface area (Å²) in [6, 6.07) is 0. The molecule has 144 valence electrons. The van der Waals surface area contributed by atoms with E-state index in [-0.39, 0.29) is 6.42 Å². The van der Waals surface area contributed by atoms with Crippen molar-refractivity contribution in [3.8, 4) is 0 Å². The molecule has 10 atom stereocenters. The predicted molar refractivity (Wildman–Crippen MR) is 76.4 cm³/mol. The van der Waals surface area contributed by atoms with E-state index in [1.54, 1.807) is 0 Å². The lowest BCUT2D eigenvalue weighted by atomic mass is 9.80. The standard InChI is InChI=1S/C14H22O11/c1-3-11(9(18)10(19)12(24-3)14(22)23)25-5-2-4(13(20)21)6(15)8(17)7(5)16/h3-12,15-19H,2H2,1H3,(H,20,21)(H,22,23). The fourth-order valence-electron chi connectivity index (χ4n) is 3.21. The number of hydrogen-bond acceptors (Lipinski definition) is 9. The van der Waals surface area contributed by atoms with Crippen LogP contribution < -0.4 is 0 Å². The number of carboxylic acids is 2. The van der Waals surface area contributed by atoms with E-state index in [1.165, 1.54) is 6.92 Å². The van der Waals surface area contributed by atoms with Crippen molar-refractivity contribution in [3.05, 3.63) is 0 Å². The monoisotopic (exact) mass is 366 g/mol. The number of aliphatic hydroxyl groups is 5.